The van der Waals surface area contributed by atoms with Gasteiger partial charge in [0.2, 0.25) is 5.91 Å². The molecule has 1 aliphatic heterocycles. The molecule has 33 heavy (non-hydrogen) atoms. The first kappa shape index (κ1) is 23.0. The largest absolute Gasteiger partial charge is 0.335 e. The molecule has 0 spiro atoms. The van der Waals surface area contributed by atoms with Crippen LogP contribution in [0.2, 0.25) is 10.0 Å². The smallest absolute Gasteiger partial charge is 0.276 e. The van der Waals surface area contributed by atoms with Crippen LogP contribution in [0.4, 0.5) is 10.5 Å². The maximum absolute atomic E-state index is 13.9. The molecule has 8 heteroatoms. The maximum Gasteiger partial charge on any atom is 0.335 e. The Morgan fingerprint density at radius 2 is 1.67 bits per heavy atom. The average molecular weight is 482 g/mol. The van der Waals surface area contributed by atoms with Gasteiger partial charge in [-0.2, -0.15) is 0 Å². The van der Waals surface area contributed by atoms with Crippen LogP contribution in [-0.4, -0.2) is 22.8 Å². The number of nitrogens with one attached hydrogen (secondary N) is 1. The second-order valence-corrected chi connectivity index (χ2v) is 8.85. The van der Waals surface area contributed by atoms with Gasteiger partial charge < -0.3 is 0 Å². The molecule has 2 aromatic carbocycles. The summed E-state index contributed by atoms with van der Waals surface area (Å²) in [6.45, 7) is 1.91. The number of hydrogen-bond donors (Lipinski definition) is 1. The van der Waals surface area contributed by atoms with Crippen molar-refractivity contribution < 1.29 is 14.4 Å². The van der Waals surface area contributed by atoms with Gasteiger partial charge >= 0.3 is 6.03 Å². The number of halogens is 2. The van der Waals surface area contributed by atoms with Gasteiger partial charge in [0.1, 0.15) is 5.41 Å². The van der Waals surface area contributed by atoms with Crippen molar-refractivity contribution >= 4 is 46.7 Å². The molecular weight excluding hydrogens is 461 g/mol. The molecule has 4 amide bonds. The Kier molecular flexibility index (Phi) is 6.49. The molecule has 1 aromatic heterocycles. The molecular formula is C25H21Cl2N3O3. The lowest BCUT2D eigenvalue weighted by Crippen LogP contribution is -2.65. The first-order valence-electron chi connectivity index (χ1n) is 10.4. The minimum atomic E-state index is -1.56. The number of aryl methyl sites for hydroxylation is 2. The third-order valence-corrected chi connectivity index (χ3v) is 6.73. The van der Waals surface area contributed by atoms with E-state index in [9.17, 15) is 14.4 Å². The van der Waals surface area contributed by atoms with E-state index in [4.69, 9.17) is 23.2 Å². The fourth-order valence-corrected chi connectivity index (χ4v) is 4.37. The first-order chi connectivity index (χ1) is 15.8. The van der Waals surface area contributed by atoms with Crippen molar-refractivity contribution in [1.29, 1.82) is 0 Å². The Morgan fingerprint density at radius 3 is 2.36 bits per heavy atom. The predicted molar refractivity (Wildman–Crippen MR) is 127 cm³/mol. The number of aromatic nitrogens is 1. The molecule has 1 N–H and O–H groups in total. The van der Waals surface area contributed by atoms with Crippen LogP contribution in [-0.2, 0) is 22.4 Å². The van der Waals surface area contributed by atoms with Crippen molar-refractivity contribution in [2.45, 2.75) is 26.2 Å². The summed E-state index contributed by atoms with van der Waals surface area (Å²) in [7, 11) is 0. The summed E-state index contributed by atoms with van der Waals surface area (Å²) >= 11 is 12.6. The van der Waals surface area contributed by atoms with Gasteiger partial charge in [-0.15, -0.1) is 0 Å². The monoisotopic (exact) mass is 481 g/mol. The first-order valence-corrected chi connectivity index (χ1v) is 11.2. The number of anilines is 1. The quantitative estimate of drug-likeness (QED) is 0.494. The summed E-state index contributed by atoms with van der Waals surface area (Å²) < 4.78 is 0. The van der Waals surface area contributed by atoms with E-state index < -0.39 is 23.3 Å². The molecule has 1 aliphatic rings. The van der Waals surface area contributed by atoms with E-state index in [1.165, 1.54) is 0 Å². The summed E-state index contributed by atoms with van der Waals surface area (Å²) in [6.07, 6.45) is 3.90. The number of carbonyl (C=O) groups is 3. The Bertz CT molecular complexity index is 1220. The van der Waals surface area contributed by atoms with Crippen molar-refractivity contribution in [3.63, 3.8) is 0 Å². The summed E-state index contributed by atoms with van der Waals surface area (Å²) in [6, 6.07) is 14.9. The van der Waals surface area contributed by atoms with Crippen LogP contribution < -0.4 is 10.2 Å². The van der Waals surface area contributed by atoms with Crippen LogP contribution >= 0.6 is 23.2 Å². The molecule has 0 aliphatic carbocycles. The highest BCUT2D eigenvalue weighted by Gasteiger charge is 2.54. The standard InChI is InChI=1S/C25H21Cl2N3O3/c1-16-5-7-19(8-6-16)30-23(32)25(22(31)29-24(30)33,12-9-17-10-13-28-14-11-17)15-18-3-2-4-20(26)21(18)27/h2-8,10-11,13-14H,9,12,15H2,1H3,(H,29,31,33)/t25-/m1/s1. The molecule has 1 saturated heterocycles. The van der Waals surface area contributed by atoms with Gasteiger partial charge in [-0.25, -0.2) is 9.69 Å². The Hall–Kier alpha value is -3.22. The van der Waals surface area contributed by atoms with E-state index in [1.807, 2.05) is 19.1 Å². The molecule has 6 nitrogen and oxygen atoms in total. The number of benzene rings is 2. The highest BCUT2D eigenvalue weighted by molar-refractivity contribution is 6.42. The van der Waals surface area contributed by atoms with Gasteiger partial charge in [-0.3, -0.25) is 19.9 Å². The molecule has 0 bridgehead atoms. The molecule has 2 heterocycles. The lowest BCUT2D eigenvalue weighted by atomic mass is 9.73. The maximum atomic E-state index is 13.9. The van der Waals surface area contributed by atoms with E-state index in [1.54, 1.807) is 54.9 Å². The number of nitrogens with zero attached hydrogens (tertiary/aromatic N) is 2. The molecule has 4 rings (SSSR count). The van der Waals surface area contributed by atoms with Crippen LogP contribution in [0, 0.1) is 12.3 Å². The minimum Gasteiger partial charge on any atom is -0.276 e. The summed E-state index contributed by atoms with van der Waals surface area (Å²) in [4.78, 5) is 45.1. The summed E-state index contributed by atoms with van der Waals surface area (Å²) in [5, 5.41) is 3.00. The number of rotatable bonds is 6. The lowest BCUT2D eigenvalue weighted by molar-refractivity contribution is -0.143. The third kappa shape index (κ3) is 4.49. The molecule has 1 fully saturated rings. The number of barbiturate groups is 1. The van der Waals surface area contributed by atoms with Crippen molar-refractivity contribution in [3.8, 4) is 0 Å². The second-order valence-electron chi connectivity index (χ2n) is 8.06. The minimum absolute atomic E-state index is 0.00220. The highest BCUT2D eigenvalue weighted by atomic mass is 35.5. The van der Waals surface area contributed by atoms with Crippen LogP contribution in [0.1, 0.15) is 23.1 Å². The van der Waals surface area contributed by atoms with Crippen molar-refractivity contribution in [2.24, 2.45) is 5.41 Å². The summed E-state index contributed by atoms with van der Waals surface area (Å²) in [5.74, 6) is -1.24. The predicted octanol–water partition coefficient (Wildman–Crippen LogP) is 5.14. The third-order valence-electron chi connectivity index (χ3n) is 5.88. The second kappa shape index (κ2) is 9.33. The number of urea groups is 1. The van der Waals surface area contributed by atoms with Crippen LogP contribution in [0.25, 0.3) is 0 Å². The van der Waals surface area contributed by atoms with E-state index in [0.29, 0.717) is 22.7 Å². The zero-order valence-corrected chi connectivity index (χ0v) is 19.4. The van der Waals surface area contributed by atoms with Crippen LogP contribution in [0.3, 0.4) is 0 Å². The number of amides is 4. The number of carbonyl (C=O) groups excluding carboxylic acids is 3. The van der Waals surface area contributed by atoms with Gasteiger partial charge in [0, 0.05) is 12.4 Å². The van der Waals surface area contributed by atoms with Gasteiger partial charge in [-0.05, 0) is 67.6 Å². The average Bonchev–Trinajstić information content (AvgIpc) is 2.80. The Morgan fingerprint density at radius 1 is 0.970 bits per heavy atom. The molecule has 168 valence electrons. The number of pyridine rings is 1. The lowest BCUT2D eigenvalue weighted by Gasteiger charge is -2.39. The highest BCUT2D eigenvalue weighted by Crippen LogP contribution is 2.39. The van der Waals surface area contributed by atoms with Crippen molar-refractivity contribution in [1.82, 2.24) is 10.3 Å². The van der Waals surface area contributed by atoms with Gasteiger partial charge in [0.15, 0.2) is 0 Å². The van der Waals surface area contributed by atoms with Gasteiger partial charge in [-0.1, -0.05) is 53.0 Å². The zero-order chi connectivity index (χ0) is 23.6. The normalized spacial score (nSPS) is 18.4. The van der Waals surface area contributed by atoms with E-state index in [2.05, 4.69) is 10.3 Å². The molecule has 3 aromatic rings. The molecule has 0 radical (unpaired) electrons. The van der Waals surface area contributed by atoms with Crippen LogP contribution in [0.5, 0.6) is 0 Å². The summed E-state index contributed by atoms with van der Waals surface area (Å²) in [5.41, 5.74) is 1.29. The van der Waals surface area contributed by atoms with Crippen molar-refractivity contribution in [2.75, 3.05) is 4.90 Å². The van der Waals surface area contributed by atoms with Gasteiger partial charge in [0.25, 0.3) is 5.91 Å². The molecule has 0 saturated carbocycles. The topological polar surface area (TPSA) is 79.4 Å². The SMILES string of the molecule is Cc1ccc(N2C(=O)NC(=O)[C@@](CCc3ccncc3)(Cc3cccc(Cl)c3Cl)C2=O)cc1. The number of imide groups is 2. The van der Waals surface area contributed by atoms with E-state index >= 15 is 0 Å². The fourth-order valence-electron chi connectivity index (χ4n) is 3.99. The Balaban J connectivity index is 1.79. The molecule has 1 atom stereocenters. The van der Waals surface area contributed by atoms with E-state index in [0.717, 1.165) is 16.0 Å². The van der Waals surface area contributed by atoms with Crippen LogP contribution in [0.15, 0.2) is 67.0 Å². The number of hydrogen-bond acceptors (Lipinski definition) is 4. The van der Waals surface area contributed by atoms with Crippen molar-refractivity contribution in [3.05, 3.63) is 93.7 Å². The Labute approximate surface area is 201 Å². The van der Waals surface area contributed by atoms with E-state index in [-0.39, 0.29) is 17.9 Å². The zero-order valence-electron chi connectivity index (χ0n) is 17.8. The molecule has 0 unspecified atom stereocenters. The van der Waals surface area contributed by atoms with Gasteiger partial charge in [0.05, 0.1) is 15.7 Å². The fraction of sp³-hybridized carbons (Fsp3) is 0.200.